The van der Waals surface area contributed by atoms with E-state index in [9.17, 15) is 9.59 Å². The number of esters is 1. The van der Waals surface area contributed by atoms with Crippen molar-refractivity contribution in [1.29, 1.82) is 0 Å². The fourth-order valence-corrected chi connectivity index (χ4v) is 8.80. The zero-order valence-electron chi connectivity index (χ0n) is 19.2. The molecule has 0 spiro atoms. The van der Waals surface area contributed by atoms with Crippen molar-refractivity contribution in [3.8, 4) is 0 Å². The Morgan fingerprint density at radius 1 is 1.07 bits per heavy atom. The maximum absolute atomic E-state index is 12.1. The van der Waals surface area contributed by atoms with Gasteiger partial charge in [0.05, 0.1) is 6.61 Å². The van der Waals surface area contributed by atoms with Crippen molar-refractivity contribution >= 4 is 11.8 Å². The first-order valence-electron chi connectivity index (χ1n) is 12.5. The van der Waals surface area contributed by atoms with E-state index in [4.69, 9.17) is 4.74 Å². The Bertz CT molecular complexity index is 642. The molecular formula is C26H42O3. The van der Waals surface area contributed by atoms with Gasteiger partial charge in [-0.3, -0.25) is 9.59 Å². The Labute approximate surface area is 177 Å². The van der Waals surface area contributed by atoms with Gasteiger partial charge in [0, 0.05) is 19.3 Å². The highest BCUT2D eigenvalue weighted by atomic mass is 16.5. The average Bonchev–Trinajstić information content (AvgIpc) is 3.04. The molecule has 0 saturated heterocycles. The first-order valence-corrected chi connectivity index (χ1v) is 12.5. The van der Waals surface area contributed by atoms with Crippen LogP contribution in [0.1, 0.15) is 98.3 Å². The molecule has 0 aromatic heterocycles. The maximum Gasteiger partial charge on any atom is 0.305 e. The van der Waals surface area contributed by atoms with Crippen LogP contribution in [0.4, 0.5) is 0 Å². The molecular weight excluding hydrogens is 360 g/mol. The van der Waals surface area contributed by atoms with Gasteiger partial charge in [0.2, 0.25) is 0 Å². The van der Waals surface area contributed by atoms with Crippen LogP contribution in [0.5, 0.6) is 0 Å². The summed E-state index contributed by atoms with van der Waals surface area (Å²) in [6.07, 6.45) is 12.4. The van der Waals surface area contributed by atoms with Gasteiger partial charge in [0.1, 0.15) is 5.78 Å². The summed E-state index contributed by atoms with van der Waals surface area (Å²) in [7, 11) is 0. The molecule has 0 amide bonds. The minimum absolute atomic E-state index is 0.0270. The van der Waals surface area contributed by atoms with E-state index in [1.807, 2.05) is 6.92 Å². The Morgan fingerprint density at radius 3 is 2.59 bits per heavy atom. The number of carbonyl (C=O) groups excluding carboxylic acids is 2. The smallest absolute Gasteiger partial charge is 0.305 e. The van der Waals surface area contributed by atoms with Crippen LogP contribution in [-0.2, 0) is 14.3 Å². The highest BCUT2D eigenvalue weighted by Crippen LogP contribution is 2.68. The molecule has 0 N–H and O–H groups in total. The van der Waals surface area contributed by atoms with E-state index in [0.29, 0.717) is 41.5 Å². The molecule has 0 aromatic rings. The Kier molecular flexibility index (Phi) is 5.90. The van der Waals surface area contributed by atoms with Gasteiger partial charge >= 0.3 is 5.97 Å². The minimum Gasteiger partial charge on any atom is -0.466 e. The Hall–Kier alpha value is -0.860. The third-order valence-corrected chi connectivity index (χ3v) is 10.4. The van der Waals surface area contributed by atoms with E-state index in [1.165, 1.54) is 38.5 Å². The first-order chi connectivity index (χ1) is 13.8. The molecule has 3 unspecified atom stereocenters. The molecule has 4 aliphatic rings. The van der Waals surface area contributed by atoms with Gasteiger partial charge in [-0.15, -0.1) is 0 Å². The molecule has 0 aliphatic heterocycles. The van der Waals surface area contributed by atoms with Gasteiger partial charge in [-0.05, 0) is 105 Å². The van der Waals surface area contributed by atoms with Gasteiger partial charge < -0.3 is 4.74 Å². The number of ether oxygens (including phenoxy) is 1. The monoisotopic (exact) mass is 402 g/mol. The van der Waals surface area contributed by atoms with E-state index in [1.54, 1.807) is 0 Å². The third-order valence-electron chi connectivity index (χ3n) is 10.4. The van der Waals surface area contributed by atoms with Crippen LogP contribution in [0.15, 0.2) is 0 Å². The lowest BCUT2D eigenvalue weighted by atomic mass is 9.44. The highest BCUT2D eigenvalue weighted by molar-refractivity contribution is 5.79. The highest BCUT2D eigenvalue weighted by Gasteiger charge is 2.60. The molecule has 3 nitrogen and oxygen atoms in total. The second-order valence-electron chi connectivity index (χ2n) is 11.4. The summed E-state index contributed by atoms with van der Waals surface area (Å²) in [5.74, 6) is 5.04. The molecule has 0 bridgehead atoms. The van der Waals surface area contributed by atoms with Crippen LogP contribution >= 0.6 is 0 Å². The molecule has 0 radical (unpaired) electrons. The summed E-state index contributed by atoms with van der Waals surface area (Å²) in [4.78, 5) is 23.9. The van der Waals surface area contributed by atoms with Crippen molar-refractivity contribution in [3.05, 3.63) is 0 Å². The van der Waals surface area contributed by atoms with E-state index >= 15 is 0 Å². The number of hydrogen-bond acceptors (Lipinski definition) is 3. The Balaban J connectivity index is 1.46. The largest absolute Gasteiger partial charge is 0.466 e. The molecule has 4 fully saturated rings. The van der Waals surface area contributed by atoms with Gasteiger partial charge in [-0.25, -0.2) is 0 Å². The van der Waals surface area contributed by atoms with E-state index in [2.05, 4.69) is 20.8 Å². The van der Waals surface area contributed by atoms with Crippen LogP contribution in [0, 0.1) is 46.3 Å². The first kappa shape index (κ1) is 21.4. The molecule has 8 atom stereocenters. The fraction of sp³-hybridized carbons (Fsp3) is 0.923. The molecule has 4 saturated carbocycles. The zero-order valence-corrected chi connectivity index (χ0v) is 19.2. The number of ketones is 1. The van der Waals surface area contributed by atoms with E-state index < -0.39 is 0 Å². The second-order valence-corrected chi connectivity index (χ2v) is 11.4. The van der Waals surface area contributed by atoms with Crippen molar-refractivity contribution in [2.45, 2.75) is 98.3 Å². The number of carbonyl (C=O) groups is 2. The number of fused-ring (bicyclic) bond motifs is 5. The van der Waals surface area contributed by atoms with Crippen molar-refractivity contribution in [1.82, 2.24) is 0 Å². The van der Waals surface area contributed by atoms with E-state index in [-0.39, 0.29) is 5.97 Å². The standard InChI is InChI=1S/C26H42O3/c1-5-29-24(28)11-6-17(2)21-9-10-22-20-8-7-18-16-19(27)12-14-25(18,3)23(20)13-15-26(21,22)4/h17-18,20-23H,5-16H2,1-4H3/t17-,18-,20?,21-,22?,23?,25+,26-/m1/s1. The molecule has 0 aromatic carbocycles. The van der Waals surface area contributed by atoms with Gasteiger partial charge in [0.15, 0.2) is 0 Å². The van der Waals surface area contributed by atoms with Gasteiger partial charge in [0.25, 0.3) is 0 Å². The lowest BCUT2D eigenvalue weighted by Gasteiger charge is -2.60. The van der Waals surface area contributed by atoms with Crippen LogP contribution in [0.2, 0.25) is 0 Å². The molecule has 164 valence electrons. The third kappa shape index (κ3) is 3.59. The zero-order chi connectivity index (χ0) is 20.8. The number of rotatable bonds is 5. The summed E-state index contributed by atoms with van der Waals surface area (Å²) in [5, 5.41) is 0. The number of hydrogen-bond donors (Lipinski definition) is 0. The quantitative estimate of drug-likeness (QED) is 0.515. The van der Waals surface area contributed by atoms with Gasteiger partial charge in [-0.1, -0.05) is 20.8 Å². The summed E-state index contributed by atoms with van der Waals surface area (Å²) in [6.45, 7) is 9.89. The lowest BCUT2D eigenvalue weighted by molar-refractivity contribution is -0.144. The molecule has 29 heavy (non-hydrogen) atoms. The fourth-order valence-electron chi connectivity index (χ4n) is 8.80. The summed E-state index contributed by atoms with van der Waals surface area (Å²) in [6, 6.07) is 0. The van der Waals surface area contributed by atoms with Crippen molar-refractivity contribution in [2.24, 2.45) is 46.3 Å². The SMILES string of the molecule is CCOC(=O)CC[C@@H](C)[C@H]1CCC2C3CC[C@@H]4CC(=O)CC[C@]4(C)C3CC[C@@]21C. The van der Waals surface area contributed by atoms with Crippen LogP contribution in [-0.4, -0.2) is 18.4 Å². The predicted octanol–water partition coefficient (Wildman–Crippen LogP) is 6.19. The summed E-state index contributed by atoms with van der Waals surface area (Å²) < 4.78 is 5.16. The average molecular weight is 403 g/mol. The van der Waals surface area contributed by atoms with Crippen molar-refractivity contribution in [3.63, 3.8) is 0 Å². The van der Waals surface area contributed by atoms with Crippen LogP contribution < -0.4 is 0 Å². The predicted molar refractivity (Wildman–Crippen MR) is 115 cm³/mol. The Morgan fingerprint density at radius 2 is 1.83 bits per heavy atom. The lowest BCUT2D eigenvalue weighted by Crippen LogP contribution is -2.53. The van der Waals surface area contributed by atoms with E-state index in [0.717, 1.165) is 49.4 Å². The topological polar surface area (TPSA) is 43.4 Å². The maximum atomic E-state index is 12.1. The second kappa shape index (κ2) is 8.00. The summed E-state index contributed by atoms with van der Waals surface area (Å²) in [5.41, 5.74) is 0.856. The summed E-state index contributed by atoms with van der Waals surface area (Å²) >= 11 is 0. The van der Waals surface area contributed by atoms with Crippen molar-refractivity contribution in [2.75, 3.05) is 6.61 Å². The number of Topliss-reactive ketones (excluding diaryl/α,β-unsaturated/α-hetero) is 1. The molecule has 3 heteroatoms. The van der Waals surface area contributed by atoms with Crippen LogP contribution in [0.25, 0.3) is 0 Å². The molecule has 4 rings (SSSR count). The normalized spacial score (nSPS) is 45.1. The molecule has 0 heterocycles. The minimum atomic E-state index is -0.0270. The van der Waals surface area contributed by atoms with Crippen molar-refractivity contribution < 1.29 is 14.3 Å². The van der Waals surface area contributed by atoms with Gasteiger partial charge in [-0.2, -0.15) is 0 Å². The molecule has 4 aliphatic carbocycles. The van der Waals surface area contributed by atoms with Crippen LogP contribution in [0.3, 0.4) is 0 Å².